The van der Waals surface area contributed by atoms with Gasteiger partial charge in [0.2, 0.25) is 5.91 Å². The fraction of sp³-hybridized carbons (Fsp3) is 0.286. The number of amides is 1. The molecule has 1 aliphatic rings. The highest BCUT2D eigenvalue weighted by molar-refractivity contribution is 5.92. The SMILES string of the molecule is O=C(O)C1CCN(C(=O)/C=C/c2cccc([N+](=O)[O-])c2)C1. The summed E-state index contributed by atoms with van der Waals surface area (Å²) in [5, 5.41) is 19.5. The van der Waals surface area contributed by atoms with Crippen molar-refractivity contribution in [2.75, 3.05) is 13.1 Å². The molecule has 0 aliphatic carbocycles. The highest BCUT2D eigenvalue weighted by atomic mass is 16.6. The van der Waals surface area contributed by atoms with E-state index in [1.165, 1.54) is 29.2 Å². The van der Waals surface area contributed by atoms with Crippen molar-refractivity contribution >= 4 is 23.6 Å². The molecule has 0 saturated carbocycles. The van der Waals surface area contributed by atoms with E-state index >= 15 is 0 Å². The van der Waals surface area contributed by atoms with E-state index in [-0.39, 0.29) is 18.1 Å². The Bertz CT molecular complexity index is 611. The van der Waals surface area contributed by atoms with Gasteiger partial charge in [-0.25, -0.2) is 0 Å². The van der Waals surface area contributed by atoms with Gasteiger partial charge in [-0.2, -0.15) is 0 Å². The number of nitro groups is 1. The van der Waals surface area contributed by atoms with Crippen molar-refractivity contribution in [2.24, 2.45) is 5.92 Å². The summed E-state index contributed by atoms with van der Waals surface area (Å²) in [4.78, 5) is 34.4. The largest absolute Gasteiger partial charge is 0.481 e. The van der Waals surface area contributed by atoms with Gasteiger partial charge in [-0.05, 0) is 18.1 Å². The zero-order chi connectivity index (χ0) is 15.4. The third-order valence-corrected chi connectivity index (χ3v) is 3.35. The first-order chi connectivity index (χ1) is 9.97. The number of hydrogen-bond acceptors (Lipinski definition) is 4. The van der Waals surface area contributed by atoms with E-state index in [1.54, 1.807) is 12.1 Å². The minimum atomic E-state index is -0.895. The first-order valence-corrected chi connectivity index (χ1v) is 6.41. The van der Waals surface area contributed by atoms with Crippen LogP contribution in [0.3, 0.4) is 0 Å². The van der Waals surface area contributed by atoms with Gasteiger partial charge in [0.1, 0.15) is 0 Å². The third-order valence-electron chi connectivity index (χ3n) is 3.35. The summed E-state index contributed by atoms with van der Waals surface area (Å²) in [6.07, 6.45) is 3.25. The number of hydrogen-bond donors (Lipinski definition) is 1. The topological polar surface area (TPSA) is 101 Å². The van der Waals surface area contributed by atoms with Crippen LogP contribution < -0.4 is 0 Å². The molecule has 0 spiro atoms. The van der Waals surface area contributed by atoms with Crippen LogP contribution in [0.4, 0.5) is 5.69 Å². The maximum Gasteiger partial charge on any atom is 0.308 e. The highest BCUT2D eigenvalue weighted by Crippen LogP contribution is 2.18. The van der Waals surface area contributed by atoms with Gasteiger partial charge in [-0.15, -0.1) is 0 Å². The van der Waals surface area contributed by atoms with Crippen molar-refractivity contribution in [3.05, 3.63) is 46.0 Å². The number of non-ortho nitro benzene ring substituents is 1. The van der Waals surface area contributed by atoms with E-state index in [9.17, 15) is 19.7 Å². The van der Waals surface area contributed by atoms with Gasteiger partial charge in [0.25, 0.3) is 5.69 Å². The number of carboxylic acid groups (broad SMARTS) is 1. The van der Waals surface area contributed by atoms with E-state index in [4.69, 9.17) is 5.11 Å². The lowest BCUT2D eigenvalue weighted by molar-refractivity contribution is -0.384. The second kappa shape index (κ2) is 6.17. The molecule has 1 aromatic carbocycles. The molecule has 1 N–H and O–H groups in total. The summed E-state index contributed by atoms with van der Waals surface area (Å²) in [5.74, 6) is -1.70. The van der Waals surface area contributed by atoms with E-state index in [2.05, 4.69) is 0 Å². The molecule has 1 fully saturated rings. The molecule has 1 saturated heterocycles. The summed E-state index contributed by atoms with van der Waals surface area (Å²) >= 11 is 0. The van der Waals surface area contributed by atoms with Crippen LogP contribution in [0, 0.1) is 16.0 Å². The Labute approximate surface area is 120 Å². The van der Waals surface area contributed by atoms with E-state index in [0.717, 1.165) is 0 Å². The molecular formula is C14H14N2O5. The molecule has 2 rings (SSSR count). The van der Waals surface area contributed by atoms with E-state index in [0.29, 0.717) is 18.5 Å². The van der Waals surface area contributed by atoms with Crippen LogP contribution >= 0.6 is 0 Å². The minimum absolute atomic E-state index is 0.0447. The predicted octanol–water partition coefficient (Wildman–Crippen LogP) is 1.54. The average molecular weight is 290 g/mol. The monoisotopic (exact) mass is 290 g/mol. The Hall–Kier alpha value is -2.70. The first kappa shape index (κ1) is 14.7. The molecule has 1 aromatic rings. The number of nitrogens with zero attached hydrogens (tertiary/aromatic N) is 2. The van der Waals surface area contributed by atoms with Crippen molar-refractivity contribution in [1.29, 1.82) is 0 Å². The Morgan fingerprint density at radius 2 is 2.19 bits per heavy atom. The first-order valence-electron chi connectivity index (χ1n) is 6.41. The Balaban J connectivity index is 2.01. The van der Waals surface area contributed by atoms with Crippen LogP contribution in [-0.4, -0.2) is 39.9 Å². The zero-order valence-electron chi connectivity index (χ0n) is 11.1. The number of likely N-dealkylation sites (tertiary alicyclic amines) is 1. The molecule has 1 heterocycles. The predicted molar refractivity (Wildman–Crippen MR) is 74.5 cm³/mol. The Morgan fingerprint density at radius 1 is 1.43 bits per heavy atom. The van der Waals surface area contributed by atoms with Crippen LogP contribution in [0.2, 0.25) is 0 Å². The normalized spacial score (nSPS) is 18.1. The zero-order valence-corrected chi connectivity index (χ0v) is 11.1. The number of aliphatic carboxylic acids is 1. The quantitative estimate of drug-likeness (QED) is 0.515. The van der Waals surface area contributed by atoms with Crippen LogP contribution in [-0.2, 0) is 9.59 Å². The molecular weight excluding hydrogens is 276 g/mol. The van der Waals surface area contributed by atoms with Crippen molar-refractivity contribution in [2.45, 2.75) is 6.42 Å². The lowest BCUT2D eigenvalue weighted by Gasteiger charge is -2.12. The summed E-state index contributed by atoms with van der Waals surface area (Å²) < 4.78 is 0. The number of rotatable bonds is 4. The van der Waals surface area contributed by atoms with Crippen molar-refractivity contribution in [3.8, 4) is 0 Å². The van der Waals surface area contributed by atoms with Gasteiger partial charge in [-0.3, -0.25) is 19.7 Å². The molecule has 0 aromatic heterocycles. The van der Waals surface area contributed by atoms with Crippen LogP contribution in [0.5, 0.6) is 0 Å². The molecule has 21 heavy (non-hydrogen) atoms. The molecule has 7 nitrogen and oxygen atoms in total. The van der Waals surface area contributed by atoms with Crippen LogP contribution in [0.1, 0.15) is 12.0 Å². The minimum Gasteiger partial charge on any atom is -0.481 e. The Kier molecular flexibility index (Phi) is 4.32. The van der Waals surface area contributed by atoms with Crippen LogP contribution in [0.15, 0.2) is 30.3 Å². The number of carboxylic acids is 1. The van der Waals surface area contributed by atoms with E-state index in [1.807, 2.05) is 0 Å². The summed E-state index contributed by atoms with van der Waals surface area (Å²) in [7, 11) is 0. The van der Waals surface area contributed by atoms with Gasteiger partial charge in [0.15, 0.2) is 0 Å². The molecule has 7 heteroatoms. The molecule has 0 radical (unpaired) electrons. The maximum absolute atomic E-state index is 11.9. The molecule has 1 unspecified atom stereocenters. The number of benzene rings is 1. The second-order valence-corrected chi connectivity index (χ2v) is 4.79. The number of carbonyl (C=O) groups is 2. The van der Waals surface area contributed by atoms with Gasteiger partial charge in [0.05, 0.1) is 10.8 Å². The van der Waals surface area contributed by atoms with Gasteiger partial charge < -0.3 is 10.0 Å². The molecule has 1 aliphatic heterocycles. The van der Waals surface area contributed by atoms with Crippen molar-refractivity contribution < 1.29 is 19.6 Å². The molecule has 110 valence electrons. The highest BCUT2D eigenvalue weighted by Gasteiger charge is 2.29. The lowest BCUT2D eigenvalue weighted by Crippen LogP contribution is -2.28. The molecule has 1 amide bonds. The van der Waals surface area contributed by atoms with Gasteiger partial charge >= 0.3 is 5.97 Å². The lowest BCUT2D eigenvalue weighted by atomic mass is 10.1. The fourth-order valence-electron chi connectivity index (χ4n) is 2.18. The second-order valence-electron chi connectivity index (χ2n) is 4.79. The van der Waals surface area contributed by atoms with E-state index < -0.39 is 16.8 Å². The molecule has 1 atom stereocenters. The smallest absolute Gasteiger partial charge is 0.308 e. The molecule has 0 bridgehead atoms. The third kappa shape index (κ3) is 3.65. The summed E-state index contributed by atoms with van der Waals surface area (Å²) in [5.41, 5.74) is 0.503. The standard InChI is InChI=1S/C14H14N2O5/c17-13(15-7-6-11(9-15)14(18)19)5-4-10-2-1-3-12(8-10)16(20)21/h1-5,8,11H,6-7,9H2,(H,18,19)/b5-4+. The van der Waals surface area contributed by atoms with Crippen molar-refractivity contribution in [1.82, 2.24) is 4.90 Å². The Morgan fingerprint density at radius 3 is 2.81 bits per heavy atom. The van der Waals surface area contributed by atoms with Gasteiger partial charge in [0, 0.05) is 31.3 Å². The summed E-state index contributed by atoms with van der Waals surface area (Å²) in [6, 6.07) is 5.93. The summed E-state index contributed by atoms with van der Waals surface area (Å²) in [6.45, 7) is 0.614. The van der Waals surface area contributed by atoms with Crippen LogP contribution in [0.25, 0.3) is 6.08 Å². The maximum atomic E-state index is 11.9. The van der Waals surface area contributed by atoms with Crippen molar-refractivity contribution in [3.63, 3.8) is 0 Å². The number of nitro benzene ring substituents is 1. The fourth-order valence-corrected chi connectivity index (χ4v) is 2.18. The number of carbonyl (C=O) groups excluding carboxylic acids is 1. The van der Waals surface area contributed by atoms with Gasteiger partial charge in [-0.1, -0.05) is 12.1 Å². The average Bonchev–Trinajstić information content (AvgIpc) is 2.95.